The maximum absolute atomic E-state index is 5.97. The summed E-state index contributed by atoms with van der Waals surface area (Å²) in [6.07, 6.45) is 1.06. The Hall–Kier alpha value is -0.490. The summed E-state index contributed by atoms with van der Waals surface area (Å²) in [5.74, 6) is 0.564. The number of halogens is 1. The zero-order valence-corrected chi connectivity index (χ0v) is 8.65. The monoisotopic (exact) mass is 182 g/mol. The van der Waals surface area contributed by atoms with Crippen LogP contribution >= 0.6 is 11.6 Å². The van der Waals surface area contributed by atoms with E-state index in [1.165, 1.54) is 11.1 Å². The van der Waals surface area contributed by atoms with E-state index in [1.807, 2.05) is 12.1 Å². The van der Waals surface area contributed by atoms with Crippen LogP contribution in [0.2, 0.25) is 5.02 Å². The van der Waals surface area contributed by atoms with Crippen LogP contribution in [0.3, 0.4) is 0 Å². The molecular formula is C11H15Cl. The van der Waals surface area contributed by atoms with Gasteiger partial charge in [0.25, 0.3) is 0 Å². The normalized spacial score (nSPS) is 10.8. The van der Waals surface area contributed by atoms with Crippen molar-refractivity contribution in [3.05, 3.63) is 34.3 Å². The van der Waals surface area contributed by atoms with Crippen molar-refractivity contribution in [1.82, 2.24) is 0 Å². The molecule has 0 aromatic heterocycles. The van der Waals surface area contributed by atoms with Gasteiger partial charge in [-0.25, -0.2) is 0 Å². The molecule has 0 atom stereocenters. The fourth-order valence-corrected chi connectivity index (χ4v) is 1.48. The Bertz CT molecular complexity index is 264. The molecule has 1 rings (SSSR count). The first kappa shape index (κ1) is 9.60. The minimum atomic E-state index is 0.564. The molecule has 0 aliphatic carbocycles. The van der Waals surface area contributed by atoms with Crippen molar-refractivity contribution in [3.8, 4) is 0 Å². The molecule has 1 aromatic rings. The fraction of sp³-hybridized carbons (Fsp3) is 0.455. The van der Waals surface area contributed by atoms with Crippen LogP contribution in [0, 0.1) is 0 Å². The number of hydrogen-bond donors (Lipinski definition) is 0. The SMILES string of the molecule is CCc1cc(Cl)cc(C(C)C)c1. The molecule has 0 heterocycles. The average Bonchev–Trinajstić information content (AvgIpc) is 2.03. The van der Waals surface area contributed by atoms with Crippen LogP contribution in [0.1, 0.15) is 37.8 Å². The van der Waals surface area contributed by atoms with Crippen molar-refractivity contribution in [2.75, 3.05) is 0 Å². The molecule has 66 valence electrons. The maximum Gasteiger partial charge on any atom is 0.0411 e. The second kappa shape index (κ2) is 3.95. The lowest BCUT2D eigenvalue weighted by Crippen LogP contribution is -1.89. The van der Waals surface area contributed by atoms with Gasteiger partial charge in [-0.05, 0) is 35.6 Å². The third-order valence-electron chi connectivity index (χ3n) is 2.05. The van der Waals surface area contributed by atoms with Gasteiger partial charge in [0.05, 0.1) is 0 Å². The Kier molecular flexibility index (Phi) is 3.16. The van der Waals surface area contributed by atoms with Crippen LogP contribution in [-0.4, -0.2) is 0 Å². The highest BCUT2D eigenvalue weighted by Gasteiger charge is 2.01. The van der Waals surface area contributed by atoms with Gasteiger partial charge in [-0.3, -0.25) is 0 Å². The fourth-order valence-electron chi connectivity index (χ4n) is 1.21. The highest BCUT2D eigenvalue weighted by atomic mass is 35.5. The van der Waals surface area contributed by atoms with Gasteiger partial charge in [0, 0.05) is 5.02 Å². The van der Waals surface area contributed by atoms with Gasteiger partial charge in [0.1, 0.15) is 0 Å². The summed E-state index contributed by atoms with van der Waals surface area (Å²) in [5, 5.41) is 0.859. The third kappa shape index (κ3) is 2.25. The summed E-state index contributed by atoms with van der Waals surface area (Å²) < 4.78 is 0. The van der Waals surface area contributed by atoms with Crippen LogP contribution in [-0.2, 0) is 6.42 Å². The molecule has 0 saturated heterocycles. The predicted molar refractivity (Wildman–Crippen MR) is 54.9 cm³/mol. The first-order chi connectivity index (χ1) is 5.63. The van der Waals surface area contributed by atoms with E-state index in [4.69, 9.17) is 11.6 Å². The van der Waals surface area contributed by atoms with Gasteiger partial charge >= 0.3 is 0 Å². The molecule has 0 nitrogen and oxygen atoms in total. The number of aryl methyl sites for hydroxylation is 1. The van der Waals surface area contributed by atoms with Gasteiger partial charge in [-0.1, -0.05) is 38.4 Å². The molecule has 0 unspecified atom stereocenters. The van der Waals surface area contributed by atoms with Crippen LogP contribution < -0.4 is 0 Å². The van der Waals surface area contributed by atoms with E-state index in [0.717, 1.165) is 11.4 Å². The van der Waals surface area contributed by atoms with Crippen molar-refractivity contribution in [2.45, 2.75) is 33.1 Å². The van der Waals surface area contributed by atoms with Crippen molar-refractivity contribution in [3.63, 3.8) is 0 Å². The minimum absolute atomic E-state index is 0.564. The molecule has 0 fully saturated rings. The Morgan fingerprint density at radius 3 is 2.42 bits per heavy atom. The molecule has 12 heavy (non-hydrogen) atoms. The zero-order valence-electron chi connectivity index (χ0n) is 7.89. The summed E-state index contributed by atoms with van der Waals surface area (Å²) in [7, 11) is 0. The van der Waals surface area contributed by atoms with Gasteiger partial charge < -0.3 is 0 Å². The first-order valence-electron chi connectivity index (χ1n) is 4.43. The van der Waals surface area contributed by atoms with Crippen LogP contribution in [0.15, 0.2) is 18.2 Å². The lowest BCUT2D eigenvalue weighted by atomic mass is 10.00. The predicted octanol–water partition coefficient (Wildman–Crippen LogP) is 4.03. The quantitative estimate of drug-likeness (QED) is 0.648. The summed E-state index contributed by atoms with van der Waals surface area (Å²) >= 11 is 5.97. The summed E-state index contributed by atoms with van der Waals surface area (Å²) in [4.78, 5) is 0. The standard InChI is InChI=1S/C11H15Cl/c1-4-9-5-10(8(2)3)7-11(12)6-9/h5-8H,4H2,1-3H3. The molecular weight excluding hydrogens is 168 g/mol. The summed E-state index contributed by atoms with van der Waals surface area (Å²) in [6, 6.07) is 6.31. The summed E-state index contributed by atoms with van der Waals surface area (Å²) in [6.45, 7) is 6.52. The van der Waals surface area contributed by atoms with Crippen LogP contribution in [0.25, 0.3) is 0 Å². The second-order valence-electron chi connectivity index (χ2n) is 3.40. The van der Waals surface area contributed by atoms with E-state index in [9.17, 15) is 0 Å². The van der Waals surface area contributed by atoms with Crippen molar-refractivity contribution < 1.29 is 0 Å². The molecule has 0 aliphatic rings. The molecule has 1 aromatic carbocycles. The van der Waals surface area contributed by atoms with E-state index >= 15 is 0 Å². The second-order valence-corrected chi connectivity index (χ2v) is 3.84. The number of benzene rings is 1. The Balaban J connectivity index is 3.06. The molecule has 0 bridgehead atoms. The lowest BCUT2D eigenvalue weighted by molar-refractivity contribution is 0.862. The molecule has 0 aliphatic heterocycles. The first-order valence-corrected chi connectivity index (χ1v) is 4.80. The smallest absolute Gasteiger partial charge is 0.0411 e. The topological polar surface area (TPSA) is 0 Å². The van der Waals surface area contributed by atoms with E-state index in [0.29, 0.717) is 5.92 Å². The highest BCUT2D eigenvalue weighted by molar-refractivity contribution is 6.30. The molecule has 0 saturated carbocycles. The van der Waals surface area contributed by atoms with E-state index in [1.54, 1.807) is 0 Å². The minimum Gasteiger partial charge on any atom is -0.0843 e. The van der Waals surface area contributed by atoms with Gasteiger partial charge in [0.2, 0.25) is 0 Å². The van der Waals surface area contributed by atoms with Crippen LogP contribution in [0.4, 0.5) is 0 Å². The zero-order chi connectivity index (χ0) is 9.14. The molecule has 0 amide bonds. The highest BCUT2D eigenvalue weighted by Crippen LogP contribution is 2.21. The maximum atomic E-state index is 5.97. The molecule has 0 N–H and O–H groups in total. The number of rotatable bonds is 2. The van der Waals surface area contributed by atoms with Crippen molar-refractivity contribution in [2.24, 2.45) is 0 Å². The van der Waals surface area contributed by atoms with E-state index in [2.05, 4.69) is 26.8 Å². The van der Waals surface area contributed by atoms with E-state index < -0.39 is 0 Å². The van der Waals surface area contributed by atoms with Gasteiger partial charge in [-0.2, -0.15) is 0 Å². The van der Waals surface area contributed by atoms with Gasteiger partial charge in [0.15, 0.2) is 0 Å². The third-order valence-corrected chi connectivity index (χ3v) is 2.27. The van der Waals surface area contributed by atoms with Crippen LogP contribution in [0.5, 0.6) is 0 Å². The average molecular weight is 183 g/mol. The number of hydrogen-bond acceptors (Lipinski definition) is 0. The van der Waals surface area contributed by atoms with E-state index in [-0.39, 0.29) is 0 Å². The van der Waals surface area contributed by atoms with Crippen molar-refractivity contribution >= 4 is 11.6 Å². The molecule has 0 radical (unpaired) electrons. The molecule has 1 heteroatoms. The van der Waals surface area contributed by atoms with Crippen molar-refractivity contribution in [1.29, 1.82) is 0 Å². The summed E-state index contributed by atoms with van der Waals surface area (Å²) in [5.41, 5.74) is 2.66. The molecule has 0 spiro atoms. The van der Waals surface area contributed by atoms with Gasteiger partial charge in [-0.15, -0.1) is 0 Å². The Labute approximate surface area is 79.6 Å². The lowest BCUT2D eigenvalue weighted by Gasteiger charge is -2.07. The Morgan fingerprint density at radius 2 is 1.92 bits per heavy atom. The Morgan fingerprint density at radius 1 is 1.25 bits per heavy atom. The largest absolute Gasteiger partial charge is 0.0843 e.